The Morgan fingerprint density at radius 2 is 2.11 bits per heavy atom. The molecule has 1 aliphatic carbocycles. The summed E-state index contributed by atoms with van der Waals surface area (Å²) in [5.41, 5.74) is 0. The topological polar surface area (TPSA) is 32.3 Å². The zero-order valence-corrected chi connectivity index (χ0v) is 11.7. The Hall–Kier alpha value is -0.830. The lowest BCUT2D eigenvalue weighted by Gasteiger charge is -2.38. The lowest BCUT2D eigenvalue weighted by Crippen LogP contribution is -2.53. The summed E-state index contributed by atoms with van der Waals surface area (Å²) in [7, 11) is 0. The number of nitrogens with zero attached hydrogens (tertiary/aromatic N) is 1. The number of amides is 1. The molecule has 2 unspecified atom stereocenters. The van der Waals surface area contributed by atoms with Crippen LogP contribution in [-0.2, 0) is 4.79 Å². The summed E-state index contributed by atoms with van der Waals surface area (Å²) >= 11 is 0. The molecule has 1 aliphatic heterocycles. The second kappa shape index (κ2) is 6.37. The molecule has 102 valence electrons. The first-order valence-electron chi connectivity index (χ1n) is 7.39. The van der Waals surface area contributed by atoms with Gasteiger partial charge in [-0.25, -0.2) is 0 Å². The van der Waals surface area contributed by atoms with E-state index in [1.807, 2.05) is 0 Å². The van der Waals surface area contributed by atoms with Crippen LogP contribution in [0.2, 0.25) is 0 Å². The molecular formula is C15H26N2O. The molecule has 0 saturated carbocycles. The Morgan fingerprint density at radius 3 is 2.78 bits per heavy atom. The van der Waals surface area contributed by atoms with Gasteiger partial charge in [-0.2, -0.15) is 0 Å². The highest BCUT2D eigenvalue weighted by molar-refractivity contribution is 5.82. The Morgan fingerprint density at radius 1 is 1.28 bits per heavy atom. The first kappa shape index (κ1) is 13.6. The molecule has 1 saturated heterocycles. The SMILES string of the molecule is CC(C)N1CCCCC1C(=O)NC1CC=CCC1. The lowest BCUT2D eigenvalue weighted by atomic mass is 9.97. The van der Waals surface area contributed by atoms with Gasteiger partial charge >= 0.3 is 0 Å². The van der Waals surface area contributed by atoms with Crippen LogP contribution in [0.3, 0.4) is 0 Å². The van der Waals surface area contributed by atoms with Crippen LogP contribution < -0.4 is 5.32 Å². The van der Waals surface area contributed by atoms with Crippen LogP contribution >= 0.6 is 0 Å². The third-order valence-corrected chi connectivity index (χ3v) is 4.13. The maximum Gasteiger partial charge on any atom is 0.237 e. The number of carbonyl (C=O) groups is 1. The zero-order valence-electron chi connectivity index (χ0n) is 11.7. The standard InChI is InChI=1S/C15H26N2O/c1-12(2)17-11-7-6-10-14(17)15(18)16-13-8-4-3-5-9-13/h3-4,12-14H,5-11H2,1-2H3,(H,16,18). The first-order chi connectivity index (χ1) is 8.68. The fraction of sp³-hybridized carbons (Fsp3) is 0.800. The normalized spacial score (nSPS) is 29.5. The van der Waals surface area contributed by atoms with Crippen LogP contribution in [0.4, 0.5) is 0 Å². The molecule has 2 rings (SSSR count). The molecule has 0 aromatic rings. The highest BCUT2D eigenvalue weighted by Crippen LogP contribution is 2.20. The van der Waals surface area contributed by atoms with Crippen molar-refractivity contribution in [3.05, 3.63) is 12.2 Å². The number of hydrogen-bond acceptors (Lipinski definition) is 2. The molecule has 1 amide bonds. The van der Waals surface area contributed by atoms with Crippen molar-refractivity contribution in [1.29, 1.82) is 0 Å². The van der Waals surface area contributed by atoms with Crippen LogP contribution in [0.5, 0.6) is 0 Å². The molecule has 0 radical (unpaired) electrons. The maximum absolute atomic E-state index is 12.4. The van der Waals surface area contributed by atoms with Crippen molar-refractivity contribution in [2.24, 2.45) is 0 Å². The van der Waals surface area contributed by atoms with E-state index in [0.717, 1.165) is 32.2 Å². The fourth-order valence-electron chi connectivity index (χ4n) is 3.08. The molecule has 1 fully saturated rings. The highest BCUT2D eigenvalue weighted by Gasteiger charge is 2.31. The minimum absolute atomic E-state index is 0.102. The van der Waals surface area contributed by atoms with Gasteiger partial charge in [0.2, 0.25) is 5.91 Å². The molecule has 0 aromatic heterocycles. The van der Waals surface area contributed by atoms with E-state index in [2.05, 4.69) is 36.2 Å². The monoisotopic (exact) mass is 250 g/mol. The summed E-state index contributed by atoms with van der Waals surface area (Å²) in [6, 6.07) is 0.926. The van der Waals surface area contributed by atoms with E-state index in [-0.39, 0.29) is 11.9 Å². The van der Waals surface area contributed by atoms with Gasteiger partial charge in [0, 0.05) is 12.1 Å². The average Bonchev–Trinajstić information content (AvgIpc) is 2.40. The van der Waals surface area contributed by atoms with Gasteiger partial charge in [0.15, 0.2) is 0 Å². The summed E-state index contributed by atoms with van der Waals surface area (Å²) in [5.74, 6) is 0.253. The van der Waals surface area contributed by atoms with Crippen molar-refractivity contribution in [3.63, 3.8) is 0 Å². The molecule has 1 heterocycles. The molecule has 2 aliphatic rings. The van der Waals surface area contributed by atoms with Crippen molar-refractivity contribution in [2.75, 3.05) is 6.54 Å². The van der Waals surface area contributed by atoms with Crippen LogP contribution in [0.25, 0.3) is 0 Å². The first-order valence-corrected chi connectivity index (χ1v) is 7.39. The molecule has 18 heavy (non-hydrogen) atoms. The highest BCUT2D eigenvalue weighted by atomic mass is 16.2. The Balaban J connectivity index is 1.91. The van der Waals surface area contributed by atoms with Crippen LogP contribution in [0.15, 0.2) is 12.2 Å². The molecule has 1 N–H and O–H groups in total. The summed E-state index contributed by atoms with van der Waals surface area (Å²) in [5, 5.41) is 3.24. The van der Waals surface area contributed by atoms with Crippen LogP contribution in [0.1, 0.15) is 52.4 Å². The molecule has 0 aromatic carbocycles. The largest absolute Gasteiger partial charge is 0.352 e. The van der Waals surface area contributed by atoms with E-state index in [9.17, 15) is 4.79 Å². The van der Waals surface area contributed by atoms with Gasteiger partial charge in [-0.3, -0.25) is 9.69 Å². The van der Waals surface area contributed by atoms with Crippen LogP contribution in [0, 0.1) is 0 Å². The predicted molar refractivity (Wildman–Crippen MR) is 74.4 cm³/mol. The smallest absolute Gasteiger partial charge is 0.237 e. The molecule has 0 spiro atoms. The zero-order chi connectivity index (χ0) is 13.0. The van der Waals surface area contributed by atoms with E-state index >= 15 is 0 Å². The van der Waals surface area contributed by atoms with Gasteiger partial charge in [-0.15, -0.1) is 0 Å². The van der Waals surface area contributed by atoms with E-state index < -0.39 is 0 Å². The number of nitrogens with one attached hydrogen (secondary N) is 1. The third kappa shape index (κ3) is 3.35. The molecule has 3 heteroatoms. The minimum Gasteiger partial charge on any atom is -0.352 e. The van der Waals surface area contributed by atoms with Crippen LogP contribution in [-0.4, -0.2) is 35.5 Å². The molecular weight excluding hydrogens is 224 g/mol. The fourth-order valence-corrected chi connectivity index (χ4v) is 3.08. The van der Waals surface area contributed by atoms with Gasteiger partial charge in [0.25, 0.3) is 0 Å². The Labute approximate surface area is 111 Å². The second-order valence-corrected chi connectivity index (χ2v) is 5.83. The number of piperidine rings is 1. The van der Waals surface area contributed by atoms with E-state index in [4.69, 9.17) is 0 Å². The van der Waals surface area contributed by atoms with Gasteiger partial charge < -0.3 is 5.32 Å². The minimum atomic E-state index is 0.102. The number of hydrogen-bond donors (Lipinski definition) is 1. The van der Waals surface area contributed by atoms with Gasteiger partial charge in [-0.05, 0) is 52.5 Å². The van der Waals surface area contributed by atoms with Crippen molar-refractivity contribution in [1.82, 2.24) is 10.2 Å². The van der Waals surface area contributed by atoms with Gasteiger partial charge in [0.1, 0.15) is 0 Å². The van der Waals surface area contributed by atoms with Crippen molar-refractivity contribution in [3.8, 4) is 0 Å². The lowest BCUT2D eigenvalue weighted by molar-refractivity contribution is -0.129. The molecule has 0 bridgehead atoms. The third-order valence-electron chi connectivity index (χ3n) is 4.13. The van der Waals surface area contributed by atoms with E-state index in [1.165, 1.54) is 12.8 Å². The quantitative estimate of drug-likeness (QED) is 0.780. The van der Waals surface area contributed by atoms with Gasteiger partial charge in [0.05, 0.1) is 6.04 Å². The number of likely N-dealkylation sites (tertiary alicyclic amines) is 1. The summed E-state index contributed by atoms with van der Waals surface area (Å²) in [6.07, 6.45) is 11.0. The molecule has 2 atom stereocenters. The molecule has 3 nitrogen and oxygen atoms in total. The predicted octanol–water partition coefficient (Wildman–Crippen LogP) is 2.47. The maximum atomic E-state index is 12.4. The summed E-state index contributed by atoms with van der Waals surface area (Å²) in [6.45, 7) is 5.45. The number of carbonyl (C=O) groups excluding carboxylic acids is 1. The average molecular weight is 250 g/mol. The number of allylic oxidation sites excluding steroid dienone is 1. The summed E-state index contributed by atoms with van der Waals surface area (Å²) in [4.78, 5) is 14.8. The van der Waals surface area contributed by atoms with E-state index in [1.54, 1.807) is 0 Å². The van der Waals surface area contributed by atoms with E-state index in [0.29, 0.717) is 12.1 Å². The van der Waals surface area contributed by atoms with Crippen molar-refractivity contribution in [2.45, 2.75) is 70.5 Å². The second-order valence-electron chi connectivity index (χ2n) is 5.83. The van der Waals surface area contributed by atoms with Crippen molar-refractivity contribution >= 4 is 5.91 Å². The number of rotatable bonds is 3. The van der Waals surface area contributed by atoms with Crippen molar-refractivity contribution < 1.29 is 4.79 Å². The van der Waals surface area contributed by atoms with Gasteiger partial charge in [-0.1, -0.05) is 18.6 Å². The Kier molecular flexibility index (Phi) is 4.81. The summed E-state index contributed by atoms with van der Waals surface area (Å²) < 4.78 is 0. The Bertz CT molecular complexity index is 312.